The zero-order valence-electron chi connectivity index (χ0n) is 15.2. The zero-order valence-corrected chi connectivity index (χ0v) is 15.2. The fraction of sp³-hybridized carbons (Fsp3) is 0.526. The van der Waals surface area contributed by atoms with Gasteiger partial charge >= 0.3 is 0 Å². The minimum atomic E-state index is -0.580. The molecule has 3 amide bonds. The quantitative estimate of drug-likeness (QED) is 0.709. The summed E-state index contributed by atoms with van der Waals surface area (Å²) in [5.74, 6) is -0.781. The number of nitrogens with two attached hydrogens (primary N) is 1. The van der Waals surface area contributed by atoms with Crippen molar-refractivity contribution < 1.29 is 14.4 Å². The third kappa shape index (κ3) is 3.44. The molecule has 7 nitrogen and oxygen atoms in total. The number of carbonyl (C=O) groups excluding carboxylic acids is 3. The standard InChI is InChI=1S/C19H26N4O3/c1-2-10-22(11-4-9-20)15-6-3-5-13-14(15)12-23(19(13)26)16-7-8-17(24)21-18(16)25/h3,5-6,16H,2,4,7-12,20H2,1H3,(H,21,24,25). The number of piperidine rings is 1. The van der Waals surface area contributed by atoms with Gasteiger partial charge in [-0.25, -0.2) is 0 Å². The third-order valence-electron chi connectivity index (χ3n) is 5.02. The van der Waals surface area contributed by atoms with Crippen LogP contribution in [0.3, 0.4) is 0 Å². The first-order valence-corrected chi connectivity index (χ1v) is 9.28. The van der Waals surface area contributed by atoms with Crippen molar-refractivity contribution >= 4 is 23.4 Å². The average molecular weight is 358 g/mol. The van der Waals surface area contributed by atoms with Crippen LogP contribution in [0.1, 0.15) is 48.5 Å². The van der Waals surface area contributed by atoms with Crippen molar-refractivity contribution in [3.8, 4) is 0 Å². The summed E-state index contributed by atoms with van der Waals surface area (Å²) < 4.78 is 0. The number of benzene rings is 1. The van der Waals surface area contributed by atoms with Crippen molar-refractivity contribution in [1.82, 2.24) is 10.2 Å². The van der Waals surface area contributed by atoms with E-state index < -0.39 is 6.04 Å². The fourth-order valence-corrected chi connectivity index (χ4v) is 3.77. The maximum absolute atomic E-state index is 12.9. The molecule has 0 bridgehead atoms. The van der Waals surface area contributed by atoms with E-state index in [0.717, 1.165) is 37.2 Å². The number of fused-ring (bicyclic) bond motifs is 1. The highest BCUT2D eigenvalue weighted by Crippen LogP contribution is 2.34. The summed E-state index contributed by atoms with van der Waals surface area (Å²) in [5.41, 5.74) is 8.33. The molecule has 0 aliphatic carbocycles. The third-order valence-corrected chi connectivity index (χ3v) is 5.02. The Balaban J connectivity index is 1.87. The lowest BCUT2D eigenvalue weighted by atomic mass is 10.0. The molecule has 2 aliphatic heterocycles. The summed E-state index contributed by atoms with van der Waals surface area (Å²) in [6, 6.07) is 5.17. The van der Waals surface area contributed by atoms with Gasteiger partial charge < -0.3 is 15.5 Å². The summed E-state index contributed by atoms with van der Waals surface area (Å²) in [4.78, 5) is 40.4. The van der Waals surface area contributed by atoms with Crippen LogP contribution in [0, 0.1) is 0 Å². The molecule has 1 aromatic carbocycles. The number of hydrogen-bond donors (Lipinski definition) is 2. The lowest BCUT2D eigenvalue weighted by Crippen LogP contribution is -2.52. The molecular formula is C19H26N4O3. The molecule has 1 atom stereocenters. The van der Waals surface area contributed by atoms with Gasteiger partial charge in [-0.05, 0) is 37.9 Å². The summed E-state index contributed by atoms with van der Waals surface area (Å²) in [6.07, 6.45) is 2.53. The molecule has 2 aliphatic rings. The van der Waals surface area contributed by atoms with Gasteiger partial charge in [0.05, 0.1) is 0 Å². The topological polar surface area (TPSA) is 95.7 Å². The number of carbonyl (C=O) groups is 3. The summed E-state index contributed by atoms with van der Waals surface area (Å²) in [6.45, 7) is 4.88. The Morgan fingerprint density at radius 3 is 2.77 bits per heavy atom. The second-order valence-corrected chi connectivity index (χ2v) is 6.83. The minimum Gasteiger partial charge on any atom is -0.371 e. The van der Waals surface area contributed by atoms with Crippen molar-refractivity contribution in [2.45, 2.75) is 45.2 Å². The smallest absolute Gasteiger partial charge is 0.255 e. The van der Waals surface area contributed by atoms with Crippen LogP contribution >= 0.6 is 0 Å². The number of amides is 3. The van der Waals surface area contributed by atoms with Crippen LogP contribution in [0.4, 0.5) is 5.69 Å². The number of anilines is 1. The van der Waals surface area contributed by atoms with Crippen LogP contribution in [-0.2, 0) is 16.1 Å². The summed E-state index contributed by atoms with van der Waals surface area (Å²) in [5, 5.41) is 2.34. The molecule has 1 unspecified atom stereocenters. The van der Waals surface area contributed by atoms with Gasteiger partial charge in [-0.2, -0.15) is 0 Å². The van der Waals surface area contributed by atoms with E-state index in [-0.39, 0.29) is 24.1 Å². The Morgan fingerprint density at radius 2 is 2.08 bits per heavy atom. The minimum absolute atomic E-state index is 0.133. The Morgan fingerprint density at radius 1 is 1.27 bits per heavy atom. The molecule has 2 heterocycles. The number of hydrogen-bond acceptors (Lipinski definition) is 5. The number of nitrogens with zero attached hydrogens (tertiary/aromatic N) is 2. The first-order valence-electron chi connectivity index (χ1n) is 9.28. The van der Waals surface area contributed by atoms with E-state index in [2.05, 4.69) is 17.1 Å². The van der Waals surface area contributed by atoms with E-state index in [0.29, 0.717) is 25.1 Å². The Kier molecular flexibility index (Phi) is 5.56. The fourth-order valence-electron chi connectivity index (χ4n) is 3.77. The van der Waals surface area contributed by atoms with E-state index in [9.17, 15) is 14.4 Å². The van der Waals surface area contributed by atoms with Gasteiger partial charge in [-0.15, -0.1) is 0 Å². The lowest BCUT2D eigenvalue weighted by Gasteiger charge is -2.30. The van der Waals surface area contributed by atoms with Gasteiger partial charge in [0.25, 0.3) is 5.91 Å². The molecule has 0 radical (unpaired) electrons. The molecule has 0 spiro atoms. The van der Waals surface area contributed by atoms with Crippen LogP contribution in [0.5, 0.6) is 0 Å². The van der Waals surface area contributed by atoms with Crippen LogP contribution < -0.4 is 16.0 Å². The summed E-state index contributed by atoms with van der Waals surface area (Å²) in [7, 11) is 0. The first-order chi connectivity index (χ1) is 12.6. The van der Waals surface area contributed by atoms with E-state index in [1.807, 2.05) is 18.2 Å². The lowest BCUT2D eigenvalue weighted by molar-refractivity contribution is -0.136. The predicted molar refractivity (Wildman–Crippen MR) is 98.7 cm³/mol. The van der Waals surface area contributed by atoms with Gasteiger partial charge in [0, 0.05) is 42.9 Å². The highest BCUT2D eigenvalue weighted by molar-refractivity contribution is 6.06. The molecule has 26 heavy (non-hydrogen) atoms. The van der Waals surface area contributed by atoms with Gasteiger partial charge in [-0.1, -0.05) is 13.0 Å². The van der Waals surface area contributed by atoms with Crippen molar-refractivity contribution in [2.24, 2.45) is 5.73 Å². The van der Waals surface area contributed by atoms with E-state index in [4.69, 9.17) is 5.73 Å². The second kappa shape index (κ2) is 7.86. The molecule has 3 rings (SSSR count). The van der Waals surface area contributed by atoms with Crippen molar-refractivity contribution in [3.63, 3.8) is 0 Å². The normalized spacial score (nSPS) is 19.5. The van der Waals surface area contributed by atoms with Crippen LogP contribution in [0.15, 0.2) is 18.2 Å². The van der Waals surface area contributed by atoms with E-state index in [1.165, 1.54) is 0 Å². The largest absolute Gasteiger partial charge is 0.371 e. The maximum atomic E-state index is 12.9. The molecule has 3 N–H and O–H groups in total. The highest BCUT2D eigenvalue weighted by Gasteiger charge is 2.40. The molecule has 1 saturated heterocycles. The Labute approximate surface area is 153 Å². The molecule has 1 fully saturated rings. The monoisotopic (exact) mass is 358 g/mol. The van der Waals surface area contributed by atoms with Crippen LogP contribution in [-0.4, -0.2) is 48.3 Å². The number of nitrogens with one attached hydrogen (secondary N) is 1. The average Bonchev–Trinajstić information content (AvgIpc) is 2.96. The maximum Gasteiger partial charge on any atom is 0.255 e. The zero-order chi connectivity index (χ0) is 18.7. The summed E-state index contributed by atoms with van der Waals surface area (Å²) >= 11 is 0. The molecule has 0 saturated carbocycles. The van der Waals surface area contributed by atoms with Crippen molar-refractivity contribution in [1.29, 1.82) is 0 Å². The SMILES string of the molecule is CCCN(CCCN)c1cccc2c1CN(C1CCC(=O)NC1=O)C2=O. The van der Waals surface area contributed by atoms with Crippen LogP contribution in [0.25, 0.3) is 0 Å². The van der Waals surface area contributed by atoms with E-state index >= 15 is 0 Å². The molecule has 0 aromatic heterocycles. The van der Waals surface area contributed by atoms with Gasteiger partial charge in [0.1, 0.15) is 6.04 Å². The highest BCUT2D eigenvalue weighted by atomic mass is 16.2. The van der Waals surface area contributed by atoms with Gasteiger partial charge in [0.2, 0.25) is 11.8 Å². The van der Waals surface area contributed by atoms with Gasteiger partial charge in [-0.3, -0.25) is 19.7 Å². The molecular weight excluding hydrogens is 332 g/mol. The number of imide groups is 1. The van der Waals surface area contributed by atoms with E-state index in [1.54, 1.807) is 4.90 Å². The van der Waals surface area contributed by atoms with Gasteiger partial charge in [0.15, 0.2) is 0 Å². The first kappa shape index (κ1) is 18.4. The second-order valence-electron chi connectivity index (χ2n) is 6.83. The van der Waals surface area contributed by atoms with Crippen molar-refractivity contribution in [3.05, 3.63) is 29.3 Å². The Bertz CT molecular complexity index is 719. The molecule has 140 valence electrons. The molecule has 7 heteroatoms. The predicted octanol–water partition coefficient (Wildman–Crippen LogP) is 1.01. The Hall–Kier alpha value is -2.41. The van der Waals surface area contributed by atoms with Crippen molar-refractivity contribution in [2.75, 3.05) is 24.5 Å². The van der Waals surface area contributed by atoms with Crippen LogP contribution in [0.2, 0.25) is 0 Å². The molecule has 1 aromatic rings. The number of rotatable bonds is 7.